The van der Waals surface area contributed by atoms with Crippen LogP contribution in [0.4, 0.5) is 0 Å². The fourth-order valence-electron chi connectivity index (χ4n) is 3.49. The molecule has 1 fully saturated rings. The number of rotatable bonds is 5. The van der Waals surface area contributed by atoms with Crippen LogP contribution in [0, 0.1) is 11.8 Å². The van der Waals surface area contributed by atoms with Crippen molar-refractivity contribution in [2.45, 2.75) is 51.7 Å². The number of hydrogen-bond donors (Lipinski definition) is 1. The van der Waals surface area contributed by atoms with Crippen LogP contribution < -0.4 is 0 Å². The molecule has 0 radical (unpaired) electrons. The third-order valence-corrected chi connectivity index (χ3v) is 5.51. The van der Waals surface area contributed by atoms with Gasteiger partial charge in [0, 0.05) is 17.6 Å². The Balaban J connectivity index is 2.00. The van der Waals surface area contributed by atoms with Gasteiger partial charge in [0.15, 0.2) is 0 Å². The zero-order valence-corrected chi connectivity index (χ0v) is 14.2. The van der Waals surface area contributed by atoms with Crippen LogP contribution in [0.25, 0.3) is 0 Å². The highest BCUT2D eigenvalue weighted by molar-refractivity contribution is 6.31. The van der Waals surface area contributed by atoms with Crippen molar-refractivity contribution in [2.24, 2.45) is 11.8 Å². The second kappa shape index (κ2) is 7.62. The second-order valence-corrected chi connectivity index (χ2v) is 6.96. The van der Waals surface area contributed by atoms with Crippen molar-refractivity contribution in [3.05, 3.63) is 34.9 Å². The molecule has 3 heteroatoms. The van der Waals surface area contributed by atoms with E-state index >= 15 is 0 Å². The van der Waals surface area contributed by atoms with Crippen LogP contribution in [0.5, 0.6) is 0 Å². The fraction of sp³-hybridized carbons (Fsp3) is 0.667. The van der Waals surface area contributed by atoms with Crippen LogP contribution in [0.3, 0.4) is 0 Å². The summed E-state index contributed by atoms with van der Waals surface area (Å²) in [4.78, 5) is 2.33. The molecule has 0 aliphatic heterocycles. The first-order chi connectivity index (χ1) is 10.0. The molecule has 21 heavy (non-hydrogen) atoms. The van der Waals surface area contributed by atoms with Gasteiger partial charge >= 0.3 is 0 Å². The van der Waals surface area contributed by atoms with Crippen LogP contribution in [0.15, 0.2) is 24.3 Å². The smallest absolute Gasteiger partial charge is 0.0580 e. The summed E-state index contributed by atoms with van der Waals surface area (Å²) in [6.45, 7) is 5.38. The van der Waals surface area contributed by atoms with Crippen LogP contribution in [0.1, 0.15) is 51.1 Å². The van der Waals surface area contributed by atoms with Gasteiger partial charge in [-0.3, -0.25) is 4.90 Å². The van der Waals surface area contributed by atoms with E-state index in [9.17, 15) is 5.11 Å². The molecular formula is C18H28ClNO. The summed E-state index contributed by atoms with van der Waals surface area (Å²) in [7, 11) is 2.14. The number of aliphatic hydroxyl groups excluding tert-OH is 1. The normalized spacial score (nSPS) is 27.8. The van der Waals surface area contributed by atoms with Gasteiger partial charge in [0.25, 0.3) is 0 Å². The van der Waals surface area contributed by atoms with E-state index in [1.165, 1.54) is 18.4 Å². The highest BCUT2D eigenvalue weighted by atomic mass is 35.5. The molecule has 0 saturated heterocycles. The zero-order valence-electron chi connectivity index (χ0n) is 13.4. The van der Waals surface area contributed by atoms with Gasteiger partial charge < -0.3 is 5.11 Å². The van der Waals surface area contributed by atoms with E-state index in [2.05, 4.69) is 31.9 Å². The number of benzene rings is 1. The van der Waals surface area contributed by atoms with Crippen LogP contribution >= 0.6 is 11.6 Å². The second-order valence-electron chi connectivity index (χ2n) is 6.55. The number of hydrogen-bond acceptors (Lipinski definition) is 2. The highest BCUT2D eigenvalue weighted by Crippen LogP contribution is 2.34. The van der Waals surface area contributed by atoms with E-state index in [0.717, 1.165) is 30.3 Å². The molecular weight excluding hydrogens is 282 g/mol. The van der Waals surface area contributed by atoms with E-state index in [-0.39, 0.29) is 12.1 Å². The monoisotopic (exact) mass is 309 g/mol. The van der Waals surface area contributed by atoms with Gasteiger partial charge in [-0.25, -0.2) is 0 Å². The maximum atomic E-state index is 10.3. The first kappa shape index (κ1) is 16.8. The van der Waals surface area contributed by atoms with Crippen molar-refractivity contribution >= 4 is 11.6 Å². The lowest BCUT2D eigenvalue weighted by atomic mass is 9.78. The molecule has 2 rings (SSSR count). The SMILES string of the molecule is CCC1CCC(O)C(CN(C)C(C)c2ccccc2Cl)C1. The summed E-state index contributed by atoms with van der Waals surface area (Å²) in [5, 5.41) is 11.1. The molecule has 0 heterocycles. The van der Waals surface area contributed by atoms with Crippen LogP contribution in [-0.2, 0) is 0 Å². The summed E-state index contributed by atoms with van der Waals surface area (Å²) in [5.41, 5.74) is 1.17. The lowest BCUT2D eigenvalue weighted by Crippen LogP contribution is -2.38. The van der Waals surface area contributed by atoms with Crippen molar-refractivity contribution in [1.82, 2.24) is 4.90 Å². The Kier molecular flexibility index (Phi) is 6.09. The fourth-order valence-corrected chi connectivity index (χ4v) is 3.79. The number of aliphatic hydroxyl groups is 1. The summed E-state index contributed by atoms with van der Waals surface area (Å²) in [5.74, 6) is 1.17. The quantitative estimate of drug-likeness (QED) is 0.864. The van der Waals surface area contributed by atoms with Crippen molar-refractivity contribution in [1.29, 1.82) is 0 Å². The molecule has 4 atom stereocenters. The minimum Gasteiger partial charge on any atom is -0.393 e. The van der Waals surface area contributed by atoms with Gasteiger partial charge in [-0.1, -0.05) is 43.1 Å². The van der Waals surface area contributed by atoms with Gasteiger partial charge in [-0.15, -0.1) is 0 Å². The molecule has 1 aliphatic carbocycles. The van der Waals surface area contributed by atoms with Gasteiger partial charge in [-0.2, -0.15) is 0 Å². The number of nitrogens with zero attached hydrogens (tertiary/aromatic N) is 1. The van der Waals surface area contributed by atoms with Crippen molar-refractivity contribution in [3.63, 3.8) is 0 Å². The van der Waals surface area contributed by atoms with Crippen molar-refractivity contribution in [2.75, 3.05) is 13.6 Å². The van der Waals surface area contributed by atoms with E-state index in [0.29, 0.717) is 5.92 Å². The maximum Gasteiger partial charge on any atom is 0.0580 e. The standard InChI is InChI=1S/C18H28ClNO/c1-4-14-9-10-18(21)15(11-14)12-20(3)13(2)16-7-5-6-8-17(16)19/h5-8,13-15,18,21H,4,9-12H2,1-3H3. The maximum absolute atomic E-state index is 10.3. The Morgan fingerprint density at radius 2 is 2.05 bits per heavy atom. The van der Waals surface area contributed by atoms with Gasteiger partial charge in [0.2, 0.25) is 0 Å². The molecule has 1 N–H and O–H groups in total. The van der Waals surface area contributed by atoms with Crippen LogP contribution in [0.2, 0.25) is 5.02 Å². The molecule has 1 aromatic carbocycles. The van der Waals surface area contributed by atoms with Crippen molar-refractivity contribution in [3.8, 4) is 0 Å². The summed E-state index contributed by atoms with van der Waals surface area (Å²) in [6, 6.07) is 8.32. The topological polar surface area (TPSA) is 23.5 Å². The molecule has 1 aliphatic rings. The van der Waals surface area contributed by atoms with E-state index in [1.807, 2.05) is 18.2 Å². The van der Waals surface area contributed by atoms with Crippen LogP contribution in [-0.4, -0.2) is 29.7 Å². The Bertz CT molecular complexity index is 451. The molecule has 1 saturated carbocycles. The molecule has 118 valence electrons. The minimum atomic E-state index is -0.145. The largest absolute Gasteiger partial charge is 0.393 e. The molecule has 4 unspecified atom stereocenters. The molecule has 0 spiro atoms. The summed E-state index contributed by atoms with van der Waals surface area (Å²) >= 11 is 6.30. The first-order valence-corrected chi connectivity index (χ1v) is 8.53. The summed E-state index contributed by atoms with van der Waals surface area (Å²) < 4.78 is 0. The lowest BCUT2D eigenvalue weighted by molar-refractivity contribution is 0.0252. The molecule has 0 amide bonds. The van der Waals surface area contributed by atoms with E-state index in [4.69, 9.17) is 11.6 Å². The predicted molar refractivity (Wildman–Crippen MR) is 89.6 cm³/mol. The Morgan fingerprint density at radius 3 is 2.71 bits per heavy atom. The molecule has 1 aromatic rings. The lowest BCUT2D eigenvalue weighted by Gasteiger charge is -2.37. The highest BCUT2D eigenvalue weighted by Gasteiger charge is 2.30. The average molecular weight is 310 g/mol. The average Bonchev–Trinajstić information content (AvgIpc) is 2.49. The van der Waals surface area contributed by atoms with E-state index < -0.39 is 0 Å². The Hall–Kier alpha value is -0.570. The van der Waals surface area contributed by atoms with Gasteiger partial charge in [0.05, 0.1) is 6.10 Å². The van der Waals surface area contributed by atoms with E-state index in [1.54, 1.807) is 0 Å². The Morgan fingerprint density at radius 1 is 1.33 bits per heavy atom. The van der Waals surface area contributed by atoms with Crippen molar-refractivity contribution < 1.29 is 5.11 Å². The minimum absolute atomic E-state index is 0.145. The van der Waals surface area contributed by atoms with Gasteiger partial charge in [0.1, 0.15) is 0 Å². The van der Waals surface area contributed by atoms with Gasteiger partial charge in [-0.05, 0) is 56.7 Å². The molecule has 2 nitrogen and oxygen atoms in total. The molecule has 0 bridgehead atoms. The summed E-state index contributed by atoms with van der Waals surface area (Å²) in [6.07, 6.45) is 4.37. The Labute approximate surface area is 134 Å². The zero-order chi connectivity index (χ0) is 15.4. The molecule has 0 aromatic heterocycles. The first-order valence-electron chi connectivity index (χ1n) is 8.15. The third kappa shape index (κ3) is 4.21. The number of halogens is 1. The third-order valence-electron chi connectivity index (χ3n) is 5.17. The predicted octanol–water partition coefficient (Wildman–Crippen LogP) is 4.52.